The van der Waals surface area contributed by atoms with Crippen LogP contribution in [0.25, 0.3) is 0 Å². The summed E-state index contributed by atoms with van der Waals surface area (Å²) in [6.07, 6.45) is 4.66. The van der Waals surface area contributed by atoms with Gasteiger partial charge in [-0.05, 0) is 38.3 Å². The summed E-state index contributed by atoms with van der Waals surface area (Å²) in [5.41, 5.74) is 4.36. The van der Waals surface area contributed by atoms with E-state index in [9.17, 15) is 4.79 Å². The average Bonchev–Trinajstić information content (AvgIpc) is 3.10. The third-order valence-electron chi connectivity index (χ3n) is 5.12. The van der Waals surface area contributed by atoms with E-state index in [4.69, 9.17) is 4.74 Å². The van der Waals surface area contributed by atoms with Gasteiger partial charge in [0.15, 0.2) is 0 Å². The first-order chi connectivity index (χ1) is 12.7. The van der Waals surface area contributed by atoms with Crippen molar-refractivity contribution in [3.8, 4) is 0 Å². The van der Waals surface area contributed by atoms with Crippen LogP contribution < -0.4 is 5.32 Å². The van der Waals surface area contributed by atoms with Gasteiger partial charge in [-0.2, -0.15) is 0 Å². The first kappa shape index (κ1) is 17.0. The van der Waals surface area contributed by atoms with Crippen LogP contribution in [0.4, 0.5) is 11.5 Å². The number of amides is 1. The highest BCUT2D eigenvalue weighted by Gasteiger charge is 2.30. The molecule has 1 aromatic carbocycles. The number of carbonyl (C=O) groups is 1. The molecule has 6 nitrogen and oxygen atoms in total. The molecule has 0 saturated carbocycles. The van der Waals surface area contributed by atoms with Gasteiger partial charge in [0.1, 0.15) is 18.2 Å². The van der Waals surface area contributed by atoms with Gasteiger partial charge < -0.3 is 15.0 Å². The summed E-state index contributed by atoms with van der Waals surface area (Å²) in [4.78, 5) is 23.5. The molecule has 136 valence electrons. The molecule has 3 heterocycles. The van der Waals surface area contributed by atoms with Gasteiger partial charge in [-0.15, -0.1) is 0 Å². The molecule has 2 aromatic rings. The molecule has 2 aliphatic rings. The van der Waals surface area contributed by atoms with Gasteiger partial charge in [0, 0.05) is 37.4 Å². The normalized spacial score (nSPS) is 19.7. The predicted octanol–water partition coefficient (Wildman–Crippen LogP) is 2.63. The van der Waals surface area contributed by atoms with E-state index in [2.05, 4.69) is 34.3 Å². The highest BCUT2D eigenvalue weighted by Crippen LogP contribution is 2.25. The zero-order chi connectivity index (χ0) is 17.9. The van der Waals surface area contributed by atoms with Crippen LogP contribution in [0.2, 0.25) is 0 Å². The summed E-state index contributed by atoms with van der Waals surface area (Å²) < 4.78 is 5.57. The van der Waals surface area contributed by atoms with Crippen LogP contribution in [0.3, 0.4) is 0 Å². The van der Waals surface area contributed by atoms with Crippen LogP contribution in [0.1, 0.15) is 29.7 Å². The van der Waals surface area contributed by atoms with Crippen molar-refractivity contribution in [1.82, 2.24) is 14.9 Å². The highest BCUT2D eigenvalue weighted by molar-refractivity contribution is 5.81. The molecule has 0 bridgehead atoms. The predicted molar refractivity (Wildman–Crippen MR) is 99.5 cm³/mol. The molecule has 1 atom stereocenters. The summed E-state index contributed by atoms with van der Waals surface area (Å²) in [5.74, 6) is 0.960. The lowest BCUT2D eigenvalue weighted by Gasteiger charge is -2.23. The number of rotatable bonds is 3. The second kappa shape index (κ2) is 7.41. The minimum atomic E-state index is -0.257. The molecule has 2 aliphatic heterocycles. The van der Waals surface area contributed by atoms with Crippen LogP contribution in [0.5, 0.6) is 0 Å². The first-order valence-electron chi connectivity index (χ1n) is 9.27. The number of aryl methyl sites for hydroxylation is 1. The van der Waals surface area contributed by atoms with Crippen LogP contribution in [0, 0.1) is 6.92 Å². The number of fused-ring (bicyclic) bond motifs is 1. The van der Waals surface area contributed by atoms with Crippen LogP contribution >= 0.6 is 0 Å². The van der Waals surface area contributed by atoms with Crippen molar-refractivity contribution in [1.29, 1.82) is 0 Å². The fourth-order valence-electron chi connectivity index (χ4n) is 3.60. The topological polar surface area (TPSA) is 67.4 Å². The van der Waals surface area contributed by atoms with E-state index in [1.165, 1.54) is 5.56 Å². The molecule has 1 fully saturated rings. The molecule has 0 unspecified atom stereocenters. The number of nitrogens with one attached hydrogen (secondary N) is 1. The van der Waals surface area contributed by atoms with Gasteiger partial charge in [0.25, 0.3) is 5.91 Å². The summed E-state index contributed by atoms with van der Waals surface area (Å²) in [7, 11) is 0. The maximum Gasteiger partial charge on any atom is 0.251 e. The van der Waals surface area contributed by atoms with E-state index < -0.39 is 0 Å². The zero-order valence-electron chi connectivity index (χ0n) is 15.1. The minimum Gasteiger partial charge on any atom is -0.368 e. The second-order valence-corrected chi connectivity index (χ2v) is 6.97. The molecular formula is C20H24N4O2. The molecule has 0 spiro atoms. The molecule has 0 radical (unpaired) electrons. The van der Waals surface area contributed by atoms with Crippen molar-refractivity contribution in [2.45, 2.75) is 38.7 Å². The number of nitrogens with zero attached hydrogens (tertiary/aromatic N) is 3. The number of benzene rings is 1. The maximum atomic E-state index is 12.7. The summed E-state index contributed by atoms with van der Waals surface area (Å²) in [6, 6.07) is 8.25. The fraction of sp³-hybridized carbons (Fsp3) is 0.450. The molecule has 1 aromatic heterocycles. The fourth-order valence-corrected chi connectivity index (χ4v) is 3.60. The van der Waals surface area contributed by atoms with Crippen LogP contribution in [0.15, 0.2) is 30.6 Å². The number of ether oxygens (including phenoxy) is 1. The lowest BCUT2D eigenvalue weighted by molar-refractivity contribution is -0.140. The van der Waals surface area contributed by atoms with Crippen molar-refractivity contribution in [2.75, 3.05) is 25.0 Å². The number of carbonyl (C=O) groups excluding carboxylic acids is 1. The van der Waals surface area contributed by atoms with E-state index in [1.54, 1.807) is 6.33 Å². The standard InChI is InChI=1S/C20H24N4O2/c1-14-4-6-15(7-5-14)23-19-16-8-10-24(11-9-17(16)21-13-22-19)20(25)18-3-2-12-26-18/h4-7,13,18H,2-3,8-12H2,1H3,(H,21,22,23)/t18-/m0/s1. The van der Waals surface area contributed by atoms with Crippen molar-refractivity contribution >= 4 is 17.4 Å². The second-order valence-electron chi connectivity index (χ2n) is 6.97. The Morgan fingerprint density at radius 2 is 2.00 bits per heavy atom. The lowest BCUT2D eigenvalue weighted by Crippen LogP contribution is -2.40. The lowest BCUT2D eigenvalue weighted by atomic mass is 10.1. The maximum absolute atomic E-state index is 12.7. The van der Waals surface area contributed by atoms with E-state index in [-0.39, 0.29) is 12.0 Å². The Bertz CT molecular complexity index is 785. The van der Waals surface area contributed by atoms with Gasteiger partial charge in [0.2, 0.25) is 0 Å². The summed E-state index contributed by atoms with van der Waals surface area (Å²) in [5, 5.41) is 3.41. The Morgan fingerprint density at radius 1 is 1.19 bits per heavy atom. The average molecular weight is 352 g/mol. The van der Waals surface area contributed by atoms with Gasteiger partial charge >= 0.3 is 0 Å². The largest absolute Gasteiger partial charge is 0.368 e. The molecule has 6 heteroatoms. The van der Waals surface area contributed by atoms with Gasteiger partial charge in [0.05, 0.1) is 5.69 Å². The molecule has 1 amide bonds. The Kier molecular flexibility index (Phi) is 4.84. The van der Waals surface area contributed by atoms with E-state index >= 15 is 0 Å². The van der Waals surface area contributed by atoms with E-state index in [1.807, 2.05) is 17.0 Å². The van der Waals surface area contributed by atoms with Crippen molar-refractivity contribution in [3.63, 3.8) is 0 Å². The molecular weight excluding hydrogens is 328 g/mol. The Hall–Kier alpha value is -2.47. The molecule has 4 rings (SSSR count). The van der Waals surface area contributed by atoms with E-state index in [0.717, 1.165) is 48.4 Å². The molecule has 1 N–H and O–H groups in total. The van der Waals surface area contributed by atoms with Crippen LogP contribution in [-0.2, 0) is 22.4 Å². The number of hydrogen-bond donors (Lipinski definition) is 1. The van der Waals surface area contributed by atoms with E-state index in [0.29, 0.717) is 19.7 Å². The van der Waals surface area contributed by atoms with Crippen molar-refractivity contribution in [3.05, 3.63) is 47.4 Å². The smallest absolute Gasteiger partial charge is 0.251 e. The SMILES string of the molecule is Cc1ccc(Nc2ncnc3c2CCN(C(=O)[C@@H]2CCCO2)CC3)cc1. The third-order valence-corrected chi connectivity index (χ3v) is 5.12. The Morgan fingerprint density at radius 3 is 2.77 bits per heavy atom. The first-order valence-corrected chi connectivity index (χ1v) is 9.27. The van der Waals surface area contributed by atoms with Crippen molar-refractivity contribution in [2.24, 2.45) is 0 Å². The number of hydrogen-bond acceptors (Lipinski definition) is 5. The Balaban J connectivity index is 1.51. The summed E-state index contributed by atoms with van der Waals surface area (Å²) in [6.45, 7) is 4.13. The van der Waals surface area contributed by atoms with Gasteiger partial charge in [-0.1, -0.05) is 17.7 Å². The zero-order valence-corrected chi connectivity index (χ0v) is 15.1. The van der Waals surface area contributed by atoms with Crippen molar-refractivity contribution < 1.29 is 9.53 Å². The summed E-state index contributed by atoms with van der Waals surface area (Å²) >= 11 is 0. The minimum absolute atomic E-state index is 0.122. The number of anilines is 2. The van der Waals surface area contributed by atoms with Crippen LogP contribution in [-0.4, -0.2) is 46.6 Å². The van der Waals surface area contributed by atoms with Gasteiger partial charge in [-0.3, -0.25) is 4.79 Å². The number of aromatic nitrogens is 2. The quantitative estimate of drug-likeness (QED) is 0.920. The highest BCUT2D eigenvalue weighted by atomic mass is 16.5. The Labute approximate surface area is 153 Å². The monoisotopic (exact) mass is 352 g/mol. The van der Waals surface area contributed by atoms with Gasteiger partial charge in [-0.25, -0.2) is 9.97 Å². The third kappa shape index (κ3) is 3.55. The molecule has 1 saturated heterocycles. The molecule has 26 heavy (non-hydrogen) atoms. The molecule has 0 aliphatic carbocycles.